The average molecular weight is 470 g/mol. The molecule has 11 heteroatoms. The molecule has 0 aliphatic carbocycles. The van der Waals surface area contributed by atoms with Crippen LogP contribution in [0, 0.1) is 5.82 Å². The molecule has 0 saturated carbocycles. The van der Waals surface area contributed by atoms with Gasteiger partial charge in [0.05, 0.1) is 16.6 Å². The number of carbonyl (C=O) groups excluding carboxylic acids is 1. The second-order valence-electron chi connectivity index (χ2n) is 6.51. The zero-order valence-corrected chi connectivity index (χ0v) is 16.9. The number of fused-ring (bicyclic) bond motifs is 3. The number of imidazole rings is 1. The Labute approximate surface area is 177 Å². The number of benzene rings is 1. The second kappa shape index (κ2) is 7.02. The lowest BCUT2D eigenvalue weighted by Crippen LogP contribution is -2.15. The average Bonchev–Trinajstić information content (AvgIpc) is 3.32. The van der Waals surface area contributed by atoms with E-state index >= 15 is 0 Å². The number of pyridine rings is 1. The Morgan fingerprint density at radius 2 is 2.20 bits per heavy atom. The highest BCUT2D eigenvalue weighted by atomic mass is 79.9. The molecule has 0 radical (unpaired) electrons. The first kappa shape index (κ1) is 18.4. The van der Waals surface area contributed by atoms with Crippen molar-refractivity contribution in [3.63, 3.8) is 0 Å². The van der Waals surface area contributed by atoms with Crippen LogP contribution in [0.3, 0.4) is 0 Å². The van der Waals surface area contributed by atoms with Gasteiger partial charge in [-0.25, -0.2) is 14.4 Å². The number of aromatic amines is 1. The highest BCUT2D eigenvalue weighted by Crippen LogP contribution is 2.38. The summed E-state index contributed by atoms with van der Waals surface area (Å²) in [5.41, 5.74) is 7.27. The number of hydrogen-bond acceptors (Lipinski definition) is 6. The molecule has 30 heavy (non-hydrogen) atoms. The van der Waals surface area contributed by atoms with Crippen LogP contribution in [0.2, 0.25) is 0 Å². The second-order valence-corrected chi connectivity index (χ2v) is 7.36. The summed E-state index contributed by atoms with van der Waals surface area (Å²) in [7, 11) is 0. The fourth-order valence-electron chi connectivity index (χ4n) is 3.35. The Morgan fingerprint density at radius 1 is 1.33 bits per heavy atom. The number of hydrogen-bond donors (Lipinski definition) is 2. The van der Waals surface area contributed by atoms with Crippen molar-refractivity contribution < 1.29 is 13.9 Å². The van der Waals surface area contributed by atoms with Gasteiger partial charge in [-0.05, 0) is 34.1 Å². The number of nitrogens with zero attached hydrogens (tertiary/aromatic N) is 5. The van der Waals surface area contributed by atoms with Crippen molar-refractivity contribution in [2.24, 2.45) is 5.73 Å². The van der Waals surface area contributed by atoms with Crippen LogP contribution in [0.5, 0.6) is 5.75 Å². The lowest BCUT2D eigenvalue weighted by atomic mass is 10.2. The molecule has 0 atom stereocenters. The standard InChI is InChI=1S/C19H13BrFN7O2/c20-11-6-10-13(7-12(11)21)30-5-4-28-15(14(16(22)29)24-19(10)28)18-25-17(26-27-18)9-2-1-3-23-8-9/h1-3,6-8H,4-5H2,(H2,22,29)(H,25,26,27). The maximum Gasteiger partial charge on any atom is 0.269 e. The highest BCUT2D eigenvalue weighted by Gasteiger charge is 2.29. The number of nitrogens with one attached hydrogen (secondary N) is 1. The van der Waals surface area contributed by atoms with Gasteiger partial charge in [0.2, 0.25) is 0 Å². The molecule has 0 unspecified atom stereocenters. The van der Waals surface area contributed by atoms with E-state index in [1.807, 2.05) is 6.07 Å². The van der Waals surface area contributed by atoms with Crippen molar-refractivity contribution in [2.75, 3.05) is 6.61 Å². The SMILES string of the molecule is NC(=O)c1nc2n(c1-c1nc(-c3cccnc3)n[nH]1)CCOc1cc(F)c(Br)cc1-2. The molecule has 0 fully saturated rings. The van der Waals surface area contributed by atoms with Gasteiger partial charge in [0.1, 0.15) is 29.7 Å². The number of rotatable bonds is 3. The molecule has 5 rings (SSSR count). The van der Waals surface area contributed by atoms with E-state index in [-0.39, 0.29) is 16.8 Å². The zero-order chi connectivity index (χ0) is 20.8. The van der Waals surface area contributed by atoms with Gasteiger partial charge in [-0.15, -0.1) is 0 Å². The molecule has 4 heterocycles. The largest absolute Gasteiger partial charge is 0.491 e. The molecule has 150 valence electrons. The topological polar surface area (TPSA) is 125 Å². The number of primary amides is 1. The minimum Gasteiger partial charge on any atom is -0.491 e. The molecule has 3 aromatic heterocycles. The molecule has 0 saturated heterocycles. The molecule has 4 aromatic rings. The maximum absolute atomic E-state index is 14.0. The first-order valence-electron chi connectivity index (χ1n) is 8.88. The van der Waals surface area contributed by atoms with Crippen LogP contribution >= 0.6 is 15.9 Å². The van der Waals surface area contributed by atoms with Crippen LogP contribution < -0.4 is 10.5 Å². The minimum atomic E-state index is -0.714. The van der Waals surface area contributed by atoms with Gasteiger partial charge < -0.3 is 15.0 Å². The van der Waals surface area contributed by atoms with Gasteiger partial charge in [0.15, 0.2) is 17.3 Å². The molecular formula is C19H13BrFN7O2. The van der Waals surface area contributed by atoms with Gasteiger partial charge in [0.25, 0.3) is 5.91 Å². The van der Waals surface area contributed by atoms with Crippen molar-refractivity contribution in [1.29, 1.82) is 0 Å². The highest BCUT2D eigenvalue weighted by molar-refractivity contribution is 9.10. The van der Waals surface area contributed by atoms with E-state index in [1.165, 1.54) is 6.07 Å². The number of H-pyrrole nitrogens is 1. The molecule has 0 spiro atoms. The molecule has 3 N–H and O–H groups in total. The van der Waals surface area contributed by atoms with E-state index < -0.39 is 11.7 Å². The predicted octanol–water partition coefficient (Wildman–Crippen LogP) is 2.79. The van der Waals surface area contributed by atoms with Gasteiger partial charge in [-0.3, -0.25) is 14.9 Å². The molecule has 1 amide bonds. The third kappa shape index (κ3) is 2.94. The van der Waals surface area contributed by atoms with E-state index in [1.54, 1.807) is 29.1 Å². The zero-order valence-electron chi connectivity index (χ0n) is 15.3. The smallest absolute Gasteiger partial charge is 0.269 e. The van der Waals surface area contributed by atoms with Crippen LogP contribution in [0.1, 0.15) is 10.5 Å². The van der Waals surface area contributed by atoms with Crippen molar-refractivity contribution in [3.8, 4) is 40.0 Å². The minimum absolute atomic E-state index is 0.0344. The van der Waals surface area contributed by atoms with Crippen molar-refractivity contribution in [3.05, 3.63) is 52.6 Å². The van der Waals surface area contributed by atoms with Crippen LogP contribution in [0.4, 0.5) is 4.39 Å². The van der Waals surface area contributed by atoms with E-state index in [4.69, 9.17) is 10.5 Å². The molecule has 9 nitrogen and oxygen atoms in total. The third-order valence-corrected chi connectivity index (χ3v) is 5.27. The molecular weight excluding hydrogens is 457 g/mol. The maximum atomic E-state index is 14.0. The monoisotopic (exact) mass is 469 g/mol. The van der Waals surface area contributed by atoms with E-state index in [0.717, 1.165) is 0 Å². The first-order valence-corrected chi connectivity index (χ1v) is 9.68. The lowest BCUT2D eigenvalue weighted by Gasteiger charge is -2.07. The van der Waals surface area contributed by atoms with Crippen molar-refractivity contribution >= 4 is 21.8 Å². The quantitative estimate of drug-likeness (QED) is 0.475. The summed E-state index contributed by atoms with van der Waals surface area (Å²) in [4.78, 5) is 25.2. The summed E-state index contributed by atoms with van der Waals surface area (Å²) in [6.45, 7) is 0.591. The number of ether oxygens (including phenoxy) is 1. The Kier molecular flexibility index (Phi) is 4.31. The Bertz CT molecular complexity index is 1290. The fraction of sp³-hybridized carbons (Fsp3) is 0.105. The summed E-state index contributed by atoms with van der Waals surface area (Å²) in [6.07, 6.45) is 3.28. The van der Waals surface area contributed by atoms with Crippen molar-refractivity contribution in [1.82, 2.24) is 29.7 Å². The van der Waals surface area contributed by atoms with Crippen molar-refractivity contribution in [2.45, 2.75) is 6.54 Å². The number of carbonyl (C=O) groups is 1. The first-order chi connectivity index (χ1) is 14.5. The van der Waals surface area contributed by atoms with E-state index in [9.17, 15) is 9.18 Å². The van der Waals surface area contributed by atoms with Gasteiger partial charge in [-0.1, -0.05) is 0 Å². The third-order valence-electron chi connectivity index (χ3n) is 4.67. The Morgan fingerprint density at radius 3 is 2.97 bits per heavy atom. The number of nitrogens with two attached hydrogens (primary N) is 1. The Hall–Kier alpha value is -3.60. The van der Waals surface area contributed by atoms with Gasteiger partial charge in [-0.2, -0.15) is 5.10 Å². The van der Waals surface area contributed by atoms with E-state index in [0.29, 0.717) is 46.6 Å². The molecule has 1 aromatic carbocycles. The number of aromatic nitrogens is 6. The van der Waals surface area contributed by atoms with E-state index in [2.05, 4.69) is 41.1 Å². The normalized spacial score (nSPS) is 12.6. The number of amides is 1. The summed E-state index contributed by atoms with van der Waals surface area (Å²) in [5, 5.41) is 7.08. The van der Waals surface area contributed by atoms with Crippen LogP contribution in [-0.4, -0.2) is 42.2 Å². The number of halogens is 2. The lowest BCUT2D eigenvalue weighted by molar-refractivity contribution is 0.0996. The van der Waals surface area contributed by atoms with Gasteiger partial charge in [0, 0.05) is 24.0 Å². The predicted molar refractivity (Wildman–Crippen MR) is 108 cm³/mol. The summed E-state index contributed by atoms with van der Waals surface area (Å²) in [6, 6.07) is 6.44. The molecule has 0 bridgehead atoms. The summed E-state index contributed by atoms with van der Waals surface area (Å²) < 4.78 is 21.7. The van der Waals surface area contributed by atoms with Crippen LogP contribution in [0.25, 0.3) is 34.3 Å². The summed E-state index contributed by atoms with van der Waals surface area (Å²) >= 11 is 3.19. The van der Waals surface area contributed by atoms with Crippen LogP contribution in [0.15, 0.2) is 41.1 Å². The molecule has 1 aliphatic rings. The van der Waals surface area contributed by atoms with Crippen LogP contribution in [-0.2, 0) is 6.54 Å². The Balaban J connectivity index is 1.71. The van der Waals surface area contributed by atoms with Gasteiger partial charge >= 0.3 is 0 Å². The molecule has 1 aliphatic heterocycles. The summed E-state index contributed by atoms with van der Waals surface area (Å²) in [5.74, 6) is 0.321. The fourth-order valence-corrected chi connectivity index (χ4v) is 3.69.